The molecule has 2 heterocycles. The molecular formula is C17H12ClN3O2. The molecule has 6 heteroatoms. The molecule has 2 aromatic heterocycles. The second-order valence-electron chi connectivity index (χ2n) is 4.99. The molecule has 114 valence electrons. The lowest BCUT2D eigenvalue weighted by Gasteiger charge is -2.10. The predicted molar refractivity (Wildman–Crippen MR) is 90.6 cm³/mol. The average Bonchev–Trinajstić information content (AvgIpc) is 2.97. The number of nitrogens with one attached hydrogen (secondary N) is 1. The van der Waals surface area contributed by atoms with Crippen LogP contribution >= 0.6 is 11.6 Å². The van der Waals surface area contributed by atoms with Gasteiger partial charge < -0.3 is 14.5 Å². The van der Waals surface area contributed by atoms with Gasteiger partial charge in [0.1, 0.15) is 29.7 Å². The molecule has 0 amide bonds. The zero-order valence-corrected chi connectivity index (χ0v) is 13.0. The number of benzene rings is 2. The van der Waals surface area contributed by atoms with E-state index < -0.39 is 0 Å². The first-order valence-electron chi connectivity index (χ1n) is 6.98. The van der Waals surface area contributed by atoms with Crippen LogP contribution in [0, 0.1) is 0 Å². The fraction of sp³-hybridized carbons (Fsp3) is 0.0588. The number of ether oxygens (including phenoxy) is 1. The largest absolute Gasteiger partial charge is 0.497 e. The van der Waals surface area contributed by atoms with Gasteiger partial charge in [-0.15, -0.1) is 0 Å². The lowest BCUT2D eigenvalue weighted by molar-refractivity contribution is 0.415. The number of methoxy groups -OCH3 is 1. The molecule has 4 aromatic rings. The minimum atomic E-state index is 0.555. The number of nitrogens with zero attached hydrogens (tertiary/aromatic N) is 2. The number of halogens is 1. The molecule has 0 aliphatic carbocycles. The van der Waals surface area contributed by atoms with Crippen LogP contribution in [0.25, 0.3) is 21.9 Å². The number of aromatic nitrogens is 2. The molecule has 0 bridgehead atoms. The maximum atomic E-state index is 6.22. The summed E-state index contributed by atoms with van der Waals surface area (Å²) in [6.07, 6.45) is 3.05. The Morgan fingerprint density at radius 2 is 2.09 bits per heavy atom. The van der Waals surface area contributed by atoms with Crippen LogP contribution in [0.15, 0.2) is 53.4 Å². The fourth-order valence-electron chi connectivity index (χ4n) is 2.54. The summed E-state index contributed by atoms with van der Waals surface area (Å²) >= 11 is 6.22. The van der Waals surface area contributed by atoms with Crippen molar-refractivity contribution in [3.8, 4) is 5.75 Å². The highest BCUT2D eigenvalue weighted by Crippen LogP contribution is 2.35. The molecule has 23 heavy (non-hydrogen) atoms. The maximum Gasteiger partial charge on any atom is 0.141 e. The Morgan fingerprint density at radius 1 is 1.17 bits per heavy atom. The summed E-state index contributed by atoms with van der Waals surface area (Å²) in [7, 11) is 1.63. The van der Waals surface area contributed by atoms with Crippen molar-refractivity contribution < 1.29 is 9.15 Å². The van der Waals surface area contributed by atoms with Crippen molar-refractivity contribution in [3.63, 3.8) is 0 Å². The molecule has 0 spiro atoms. The van der Waals surface area contributed by atoms with E-state index in [9.17, 15) is 0 Å². The standard InChI is InChI=1S/C17H12ClN3O2/c1-22-10-5-6-13-11(7-10)17(20-9-19-13)21-14-3-2-4-15-16(14)12(18)8-23-15/h2-9H,1H3,(H,19,20,21). The van der Waals surface area contributed by atoms with Crippen LogP contribution in [-0.2, 0) is 0 Å². The van der Waals surface area contributed by atoms with Crippen LogP contribution in [0.2, 0.25) is 5.02 Å². The molecule has 0 aliphatic heterocycles. The molecular weight excluding hydrogens is 314 g/mol. The van der Waals surface area contributed by atoms with Crippen LogP contribution in [-0.4, -0.2) is 17.1 Å². The molecule has 0 saturated heterocycles. The number of furan rings is 1. The molecule has 4 rings (SSSR count). The Bertz CT molecular complexity index is 1010. The van der Waals surface area contributed by atoms with E-state index in [1.54, 1.807) is 7.11 Å². The smallest absolute Gasteiger partial charge is 0.141 e. The van der Waals surface area contributed by atoms with Crippen molar-refractivity contribution in [2.45, 2.75) is 0 Å². The zero-order valence-electron chi connectivity index (χ0n) is 12.2. The van der Waals surface area contributed by atoms with Gasteiger partial charge in [-0.25, -0.2) is 9.97 Å². The molecule has 0 fully saturated rings. The van der Waals surface area contributed by atoms with E-state index in [-0.39, 0.29) is 0 Å². The quantitative estimate of drug-likeness (QED) is 0.587. The van der Waals surface area contributed by atoms with E-state index >= 15 is 0 Å². The highest BCUT2D eigenvalue weighted by molar-refractivity contribution is 6.36. The van der Waals surface area contributed by atoms with Crippen LogP contribution in [0.1, 0.15) is 0 Å². The van der Waals surface area contributed by atoms with Crippen LogP contribution in [0.3, 0.4) is 0 Å². The van der Waals surface area contributed by atoms with Crippen LogP contribution in [0.4, 0.5) is 11.5 Å². The topological polar surface area (TPSA) is 60.2 Å². The van der Waals surface area contributed by atoms with Gasteiger partial charge in [0.15, 0.2) is 0 Å². The summed E-state index contributed by atoms with van der Waals surface area (Å²) in [5, 5.41) is 5.56. The molecule has 0 radical (unpaired) electrons. The van der Waals surface area contributed by atoms with Gasteiger partial charge in [-0.3, -0.25) is 0 Å². The van der Waals surface area contributed by atoms with E-state index in [4.69, 9.17) is 20.8 Å². The third-order valence-corrected chi connectivity index (χ3v) is 3.93. The van der Waals surface area contributed by atoms with Crippen molar-refractivity contribution in [1.29, 1.82) is 0 Å². The van der Waals surface area contributed by atoms with Gasteiger partial charge in [-0.1, -0.05) is 17.7 Å². The van der Waals surface area contributed by atoms with Gasteiger partial charge >= 0.3 is 0 Å². The lowest BCUT2D eigenvalue weighted by Crippen LogP contribution is -1.97. The van der Waals surface area contributed by atoms with E-state index in [1.165, 1.54) is 12.6 Å². The molecule has 0 atom stereocenters. The number of rotatable bonds is 3. The number of hydrogen-bond donors (Lipinski definition) is 1. The van der Waals surface area contributed by atoms with Crippen LogP contribution < -0.4 is 10.1 Å². The number of anilines is 2. The van der Waals surface area contributed by atoms with Gasteiger partial charge in [-0.2, -0.15) is 0 Å². The first-order chi connectivity index (χ1) is 11.3. The van der Waals surface area contributed by atoms with E-state index in [0.29, 0.717) is 10.8 Å². The Labute approximate surface area is 136 Å². The van der Waals surface area contributed by atoms with Crippen LogP contribution in [0.5, 0.6) is 5.75 Å². The van der Waals surface area contributed by atoms with Gasteiger partial charge in [-0.05, 0) is 30.3 Å². The second-order valence-corrected chi connectivity index (χ2v) is 5.40. The highest BCUT2D eigenvalue weighted by atomic mass is 35.5. The van der Waals surface area contributed by atoms with Gasteiger partial charge in [0.25, 0.3) is 0 Å². The molecule has 0 aliphatic rings. The summed E-state index contributed by atoms with van der Waals surface area (Å²) in [6.45, 7) is 0. The molecule has 5 nitrogen and oxygen atoms in total. The minimum absolute atomic E-state index is 0.555. The summed E-state index contributed by atoms with van der Waals surface area (Å²) in [4.78, 5) is 8.62. The van der Waals surface area contributed by atoms with E-state index in [2.05, 4.69) is 15.3 Å². The minimum Gasteiger partial charge on any atom is -0.497 e. The van der Waals surface area contributed by atoms with Crippen molar-refractivity contribution >= 4 is 45.0 Å². The summed E-state index contributed by atoms with van der Waals surface area (Å²) in [5.41, 5.74) is 2.37. The molecule has 1 N–H and O–H groups in total. The van der Waals surface area contributed by atoms with E-state index in [1.807, 2.05) is 36.4 Å². The SMILES string of the molecule is COc1ccc2ncnc(Nc3cccc4occ(Cl)c34)c2c1. The second kappa shape index (κ2) is 5.44. The average molecular weight is 326 g/mol. The molecule has 2 aromatic carbocycles. The van der Waals surface area contributed by atoms with Gasteiger partial charge in [0, 0.05) is 5.39 Å². The van der Waals surface area contributed by atoms with E-state index in [0.717, 1.165) is 33.3 Å². The summed E-state index contributed by atoms with van der Waals surface area (Å²) in [6, 6.07) is 11.4. The monoisotopic (exact) mass is 325 g/mol. The Morgan fingerprint density at radius 3 is 2.96 bits per heavy atom. The van der Waals surface area contributed by atoms with Crippen molar-refractivity contribution in [1.82, 2.24) is 9.97 Å². The Hall–Kier alpha value is -2.79. The van der Waals surface area contributed by atoms with Gasteiger partial charge in [0.05, 0.1) is 28.7 Å². The molecule has 0 unspecified atom stereocenters. The zero-order chi connectivity index (χ0) is 15.8. The Kier molecular flexibility index (Phi) is 3.28. The first kappa shape index (κ1) is 13.8. The van der Waals surface area contributed by atoms with Gasteiger partial charge in [0.2, 0.25) is 0 Å². The highest BCUT2D eigenvalue weighted by Gasteiger charge is 2.11. The predicted octanol–water partition coefficient (Wildman–Crippen LogP) is 4.78. The normalized spacial score (nSPS) is 11.0. The summed E-state index contributed by atoms with van der Waals surface area (Å²) in [5.74, 6) is 1.42. The fourth-order valence-corrected chi connectivity index (χ4v) is 2.78. The molecule has 0 saturated carbocycles. The maximum absolute atomic E-state index is 6.22. The third kappa shape index (κ3) is 2.35. The number of hydrogen-bond acceptors (Lipinski definition) is 5. The number of fused-ring (bicyclic) bond motifs is 2. The van der Waals surface area contributed by atoms with Crippen molar-refractivity contribution in [2.75, 3.05) is 12.4 Å². The van der Waals surface area contributed by atoms with Crippen molar-refractivity contribution in [2.24, 2.45) is 0 Å². The third-order valence-electron chi connectivity index (χ3n) is 3.65. The summed E-state index contributed by atoms with van der Waals surface area (Å²) < 4.78 is 10.7. The lowest BCUT2D eigenvalue weighted by atomic mass is 10.2. The Balaban J connectivity index is 1.87. The van der Waals surface area contributed by atoms with Crippen molar-refractivity contribution in [3.05, 3.63) is 54.0 Å². The first-order valence-corrected chi connectivity index (χ1v) is 7.35.